The molecule has 0 saturated heterocycles. The summed E-state index contributed by atoms with van der Waals surface area (Å²) in [5, 5.41) is 20.3. The van der Waals surface area contributed by atoms with Gasteiger partial charge in [-0.1, -0.05) is 32.6 Å². The molecule has 1 unspecified atom stereocenters. The van der Waals surface area contributed by atoms with Gasteiger partial charge in [-0.25, -0.2) is 0 Å². The summed E-state index contributed by atoms with van der Waals surface area (Å²) < 4.78 is 0. The monoisotopic (exact) mass is 249 g/mol. The van der Waals surface area contributed by atoms with Crippen molar-refractivity contribution in [3.8, 4) is 6.07 Å². The lowest BCUT2D eigenvalue weighted by atomic mass is 9.63. The van der Waals surface area contributed by atoms with Crippen molar-refractivity contribution in [2.75, 3.05) is 0 Å². The van der Waals surface area contributed by atoms with E-state index in [2.05, 4.69) is 13.0 Å². The summed E-state index contributed by atoms with van der Waals surface area (Å²) in [5.41, 5.74) is -0.423. The molecule has 2 rings (SSSR count). The molecule has 0 radical (unpaired) electrons. The minimum atomic E-state index is -0.423. The number of hydrogen-bond acceptors (Lipinski definition) is 2. The zero-order valence-electron chi connectivity index (χ0n) is 11.7. The van der Waals surface area contributed by atoms with E-state index in [0.29, 0.717) is 5.92 Å². The van der Waals surface area contributed by atoms with Gasteiger partial charge in [0.25, 0.3) is 0 Å². The summed E-state index contributed by atoms with van der Waals surface area (Å²) in [6.07, 6.45) is 11.0. The average Bonchev–Trinajstić information content (AvgIpc) is 2.47. The molecule has 102 valence electrons. The van der Waals surface area contributed by atoms with E-state index in [1.54, 1.807) is 0 Å². The van der Waals surface area contributed by atoms with Crippen molar-refractivity contribution in [3.63, 3.8) is 0 Å². The Morgan fingerprint density at radius 2 is 1.78 bits per heavy atom. The van der Waals surface area contributed by atoms with Gasteiger partial charge < -0.3 is 5.11 Å². The molecule has 18 heavy (non-hydrogen) atoms. The molecule has 2 heteroatoms. The highest BCUT2D eigenvalue weighted by atomic mass is 16.3. The Morgan fingerprint density at radius 3 is 2.28 bits per heavy atom. The highest BCUT2D eigenvalue weighted by Gasteiger charge is 2.44. The predicted molar refractivity (Wildman–Crippen MR) is 72.9 cm³/mol. The van der Waals surface area contributed by atoms with Crippen molar-refractivity contribution in [1.29, 1.82) is 5.26 Å². The van der Waals surface area contributed by atoms with Gasteiger partial charge in [0.15, 0.2) is 0 Å². The van der Waals surface area contributed by atoms with E-state index >= 15 is 0 Å². The van der Waals surface area contributed by atoms with Gasteiger partial charge in [-0.15, -0.1) is 0 Å². The lowest BCUT2D eigenvalue weighted by molar-refractivity contribution is -0.0263. The molecule has 1 N–H and O–H groups in total. The molecule has 0 aromatic carbocycles. The minimum absolute atomic E-state index is 0.374. The van der Waals surface area contributed by atoms with Crippen LogP contribution in [0.15, 0.2) is 0 Å². The quantitative estimate of drug-likeness (QED) is 0.820. The predicted octanol–water partition coefficient (Wildman–Crippen LogP) is 4.04. The lowest BCUT2D eigenvalue weighted by Crippen LogP contribution is -2.42. The third-order valence-electron chi connectivity index (χ3n) is 5.46. The Morgan fingerprint density at radius 1 is 1.17 bits per heavy atom. The summed E-state index contributed by atoms with van der Waals surface area (Å²) in [7, 11) is 0. The summed E-state index contributed by atoms with van der Waals surface area (Å²) in [5.74, 6) is 1.17. The molecule has 0 aromatic rings. The molecule has 2 aliphatic rings. The zero-order chi connectivity index (χ0) is 13.0. The van der Waals surface area contributed by atoms with Crippen LogP contribution in [0.1, 0.15) is 71.1 Å². The third kappa shape index (κ3) is 2.72. The molecular weight excluding hydrogens is 222 g/mol. The molecule has 0 amide bonds. The molecule has 0 aromatic heterocycles. The van der Waals surface area contributed by atoms with E-state index in [4.69, 9.17) is 0 Å². The molecule has 0 spiro atoms. The molecule has 2 nitrogen and oxygen atoms in total. The topological polar surface area (TPSA) is 44.0 Å². The molecule has 2 saturated carbocycles. The van der Waals surface area contributed by atoms with Crippen molar-refractivity contribution >= 4 is 0 Å². The van der Waals surface area contributed by atoms with E-state index in [9.17, 15) is 10.4 Å². The maximum absolute atomic E-state index is 10.7. The standard InChI is InChI=1S/C16H27NO/c1-2-13-8-10-16(12-17,11-9-13)15(18)14-6-4-3-5-7-14/h13-15,18H,2-11H2,1H3. The van der Waals surface area contributed by atoms with E-state index < -0.39 is 5.41 Å². The third-order valence-corrected chi connectivity index (χ3v) is 5.46. The van der Waals surface area contributed by atoms with E-state index in [1.807, 2.05) is 0 Å². The van der Waals surface area contributed by atoms with Crippen LogP contribution in [0.2, 0.25) is 0 Å². The highest BCUT2D eigenvalue weighted by Crippen LogP contribution is 2.46. The first-order valence-electron chi connectivity index (χ1n) is 7.81. The first kappa shape index (κ1) is 13.9. The van der Waals surface area contributed by atoms with E-state index in [1.165, 1.54) is 25.7 Å². The van der Waals surface area contributed by atoms with Gasteiger partial charge in [-0.05, 0) is 50.4 Å². The van der Waals surface area contributed by atoms with Gasteiger partial charge in [-0.2, -0.15) is 5.26 Å². The van der Waals surface area contributed by atoms with Crippen molar-refractivity contribution in [2.45, 2.75) is 77.2 Å². The van der Waals surface area contributed by atoms with Crippen molar-refractivity contribution < 1.29 is 5.11 Å². The number of aliphatic hydroxyl groups excluding tert-OH is 1. The van der Waals surface area contributed by atoms with Crippen LogP contribution >= 0.6 is 0 Å². The van der Waals surface area contributed by atoms with E-state index in [-0.39, 0.29) is 6.10 Å². The average molecular weight is 249 g/mol. The second-order valence-corrected chi connectivity index (χ2v) is 6.46. The highest BCUT2D eigenvalue weighted by molar-refractivity contribution is 5.07. The second kappa shape index (κ2) is 6.06. The fourth-order valence-corrected chi connectivity index (χ4v) is 3.98. The summed E-state index contributed by atoms with van der Waals surface area (Å²) in [4.78, 5) is 0. The van der Waals surface area contributed by atoms with Crippen LogP contribution in [-0.2, 0) is 0 Å². The van der Waals surface area contributed by atoms with Gasteiger partial charge in [0.2, 0.25) is 0 Å². The second-order valence-electron chi connectivity index (χ2n) is 6.46. The van der Waals surface area contributed by atoms with Crippen LogP contribution in [0, 0.1) is 28.6 Å². The van der Waals surface area contributed by atoms with Crippen LogP contribution in [0.25, 0.3) is 0 Å². The molecule has 1 atom stereocenters. The van der Waals surface area contributed by atoms with Gasteiger partial charge >= 0.3 is 0 Å². The molecular formula is C16H27NO. The van der Waals surface area contributed by atoms with Crippen molar-refractivity contribution in [3.05, 3.63) is 0 Å². The lowest BCUT2D eigenvalue weighted by Gasteiger charge is -2.42. The number of nitriles is 1. The van der Waals surface area contributed by atoms with Gasteiger partial charge in [0, 0.05) is 0 Å². The zero-order valence-corrected chi connectivity index (χ0v) is 11.7. The van der Waals surface area contributed by atoms with Crippen LogP contribution in [0.3, 0.4) is 0 Å². The van der Waals surface area contributed by atoms with Crippen LogP contribution in [0.4, 0.5) is 0 Å². The molecule has 0 aliphatic heterocycles. The number of rotatable bonds is 3. The maximum Gasteiger partial charge on any atom is 0.0835 e. The molecule has 0 bridgehead atoms. The smallest absolute Gasteiger partial charge is 0.0835 e. The Labute approximate surface area is 111 Å². The molecule has 0 heterocycles. The normalized spacial score (nSPS) is 35.9. The maximum atomic E-state index is 10.7. The summed E-state index contributed by atoms with van der Waals surface area (Å²) in [6.45, 7) is 2.24. The first-order chi connectivity index (χ1) is 8.72. The minimum Gasteiger partial charge on any atom is -0.391 e. The number of aliphatic hydroxyl groups is 1. The Kier molecular flexibility index (Phi) is 4.67. The Balaban J connectivity index is 2.01. The van der Waals surface area contributed by atoms with Gasteiger partial charge in [-0.3, -0.25) is 0 Å². The molecule has 2 aliphatic carbocycles. The van der Waals surface area contributed by atoms with Gasteiger partial charge in [0.05, 0.1) is 17.6 Å². The van der Waals surface area contributed by atoms with Crippen LogP contribution in [-0.4, -0.2) is 11.2 Å². The Bertz CT molecular complexity index is 293. The summed E-state index contributed by atoms with van der Waals surface area (Å²) >= 11 is 0. The largest absolute Gasteiger partial charge is 0.391 e. The fourth-order valence-electron chi connectivity index (χ4n) is 3.98. The fraction of sp³-hybridized carbons (Fsp3) is 0.938. The SMILES string of the molecule is CCC1CCC(C#N)(C(O)C2CCCCC2)CC1. The van der Waals surface area contributed by atoms with Crippen molar-refractivity contribution in [1.82, 2.24) is 0 Å². The number of nitrogens with zero attached hydrogens (tertiary/aromatic N) is 1. The first-order valence-corrected chi connectivity index (χ1v) is 7.81. The summed E-state index contributed by atoms with van der Waals surface area (Å²) in [6, 6.07) is 2.51. The Hall–Kier alpha value is -0.550. The van der Waals surface area contributed by atoms with Gasteiger partial charge in [0.1, 0.15) is 0 Å². The van der Waals surface area contributed by atoms with E-state index in [0.717, 1.165) is 44.4 Å². The number of hydrogen-bond donors (Lipinski definition) is 1. The molecule has 2 fully saturated rings. The van der Waals surface area contributed by atoms with Crippen molar-refractivity contribution in [2.24, 2.45) is 17.3 Å². The van der Waals surface area contributed by atoms with Crippen LogP contribution in [0.5, 0.6) is 0 Å². The van der Waals surface area contributed by atoms with Crippen LogP contribution < -0.4 is 0 Å².